The van der Waals surface area contributed by atoms with E-state index in [0.717, 1.165) is 11.4 Å². The van der Waals surface area contributed by atoms with Gasteiger partial charge in [0, 0.05) is 6.54 Å². The molecule has 0 bridgehead atoms. The van der Waals surface area contributed by atoms with E-state index >= 15 is 0 Å². The molecule has 2 nitrogen and oxygen atoms in total. The summed E-state index contributed by atoms with van der Waals surface area (Å²) in [6.45, 7) is 2.71. The van der Waals surface area contributed by atoms with Crippen molar-refractivity contribution in [3.05, 3.63) is 0 Å². The van der Waals surface area contributed by atoms with Crippen LogP contribution in [-0.2, 0) is 0 Å². The van der Waals surface area contributed by atoms with Gasteiger partial charge >= 0.3 is 0 Å². The summed E-state index contributed by atoms with van der Waals surface area (Å²) >= 11 is 4.80. The van der Waals surface area contributed by atoms with Gasteiger partial charge in [0.05, 0.1) is 11.6 Å². The van der Waals surface area contributed by atoms with E-state index in [1.165, 1.54) is 0 Å². The molecule has 0 aliphatic heterocycles. The van der Waals surface area contributed by atoms with Crippen LogP contribution < -0.4 is 5.32 Å². The summed E-state index contributed by atoms with van der Waals surface area (Å²) in [6, 6.07) is 0. The fourth-order valence-corrected chi connectivity index (χ4v) is 0.422. The van der Waals surface area contributed by atoms with Gasteiger partial charge in [-0.25, -0.2) is 0 Å². The Kier molecular flexibility index (Phi) is 4.90. The van der Waals surface area contributed by atoms with Crippen LogP contribution in [0.3, 0.4) is 0 Å². The highest BCUT2D eigenvalue weighted by atomic mass is 32.1. The van der Waals surface area contributed by atoms with Crippen molar-refractivity contribution in [3.63, 3.8) is 0 Å². The number of aliphatic hydroxyl groups is 1. The highest BCUT2D eigenvalue weighted by molar-refractivity contribution is 7.80. The SMILES string of the molecule is CCC(=S)NCCO. The first-order chi connectivity index (χ1) is 3.81. The lowest BCUT2D eigenvalue weighted by Gasteiger charge is -2.00. The quantitative estimate of drug-likeness (QED) is 0.543. The van der Waals surface area contributed by atoms with E-state index in [1.807, 2.05) is 6.92 Å². The minimum absolute atomic E-state index is 0.153. The highest BCUT2D eigenvalue weighted by Gasteiger charge is 1.86. The van der Waals surface area contributed by atoms with Gasteiger partial charge < -0.3 is 10.4 Å². The van der Waals surface area contributed by atoms with Crippen molar-refractivity contribution in [1.82, 2.24) is 5.32 Å². The van der Waals surface area contributed by atoms with Gasteiger partial charge in [-0.1, -0.05) is 19.1 Å². The second kappa shape index (κ2) is 5.00. The van der Waals surface area contributed by atoms with Crippen LogP contribution in [0.4, 0.5) is 0 Å². The molecule has 0 aromatic rings. The topological polar surface area (TPSA) is 32.3 Å². The molecular weight excluding hydrogens is 122 g/mol. The molecule has 0 unspecified atom stereocenters. The summed E-state index contributed by atoms with van der Waals surface area (Å²) in [7, 11) is 0. The van der Waals surface area contributed by atoms with Gasteiger partial charge in [-0.2, -0.15) is 0 Å². The lowest BCUT2D eigenvalue weighted by molar-refractivity contribution is 0.300. The Morgan fingerprint density at radius 2 is 2.38 bits per heavy atom. The van der Waals surface area contributed by atoms with E-state index in [1.54, 1.807) is 0 Å². The minimum atomic E-state index is 0.153. The average Bonchev–Trinajstić information content (AvgIpc) is 1.83. The van der Waals surface area contributed by atoms with Crippen LogP contribution >= 0.6 is 12.2 Å². The predicted molar refractivity (Wildman–Crippen MR) is 38.0 cm³/mol. The Bertz CT molecular complexity index is 74.8. The Morgan fingerprint density at radius 1 is 1.75 bits per heavy atom. The molecule has 0 saturated carbocycles. The summed E-state index contributed by atoms with van der Waals surface area (Å²) in [4.78, 5) is 0.819. The van der Waals surface area contributed by atoms with E-state index in [4.69, 9.17) is 17.3 Å². The maximum atomic E-state index is 8.29. The fraction of sp³-hybridized carbons (Fsp3) is 0.800. The zero-order chi connectivity index (χ0) is 6.41. The van der Waals surface area contributed by atoms with Crippen molar-refractivity contribution in [2.75, 3.05) is 13.2 Å². The van der Waals surface area contributed by atoms with E-state index in [-0.39, 0.29) is 6.61 Å². The number of hydrogen-bond donors (Lipinski definition) is 2. The fourth-order valence-electron chi connectivity index (χ4n) is 0.320. The molecule has 48 valence electrons. The van der Waals surface area contributed by atoms with Gasteiger partial charge in [0.15, 0.2) is 0 Å². The smallest absolute Gasteiger partial charge is 0.0751 e. The summed E-state index contributed by atoms with van der Waals surface area (Å²) in [6.07, 6.45) is 0.856. The van der Waals surface area contributed by atoms with Crippen molar-refractivity contribution in [2.45, 2.75) is 13.3 Å². The highest BCUT2D eigenvalue weighted by Crippen LogP contribution is 1.77. The van der Waals surface area contributed by atoms with E-state index in [9.17, 15) is 0 Å². The van der Waals surface area contributed by atoms with Crippen molar-refractivity contribution < 1.29 is 5.11 Å². The van der Waals surface area contributed by atoms with Crippen molar-refractivity contribution in [1.29, 1.82) is 0 Å². The van der Waals surface area contributed by atoms with Crippen molar-refractivity contribution in [3.8, 4) is 0 Å². The van der Waals surface area contributed by atoms with Gasteiger partial charge in [0.25, 0.3) is 0 Å². The molecule has 0 aliphatic rings. The molecule has 8 heavy (non-hydrogen) atoms. The van der Waals surface area contributed by atoms with Crippen LogP contribution in [0, 0.1) is 0 Å². The molecule has 0 heterocycles. The zero-order valence-corrected chi connectivity index (χ0v) is 5.79. The molecule has 0 spiro atoms. The molecule has 0 aliphatic carbocycles. The second-order valence-electron chi connectivity index (χ2n) is 1.43. The standard InChI is InChI=1S/C5H11NOS/c1-2-5(8)6-3-4-7/h7H,2-4H2,1H3,(H,6,8). The average molecular weight is 133 g/mol. The van der Waals surface area contributed by atoms with Gasteiger partial charge in [-0.15, -0.1) is 0 Å². The minimum Gasteiger partial charge on any atom is -0.395 e. The largest absolute Gasteiger partial charge is 0.395 e. The number of aliphatic hydroxyl groups excluding tert-OH is 1. The van der Waals surface area contributed by atoms with Crippen LogP contribution in [0.25, 0.3) is 0 Å². The Balaban J connectivity index is 2.99. The molecule has 0 amide bonds. The van der Waals surface area contributed by atoms with Crippen molar-refractivity contribution in [2.24, 2.45) is 0 Å². The van der Waals surface area contributed by atoms with E-state index in [2.05, 4.69) is 5.32 Å². The molecule has 0 fully saturated rings. The first-order valence-electron chi connectivity index (χ1n) is 2.68. The van der Waals surface area contributed by atoms with Gasteiger partial charge in [0.1, 0.15) is 0 Å². The van der Waals surface area contributed by atoms with Gasteiger partial charge in [-0.3, -0.25) is 0 Å². The third-order valence-corrected chi connectivity index (χ3v) is 1.19. The number of hydrogen-bond acceptors (Lipinski definition) is 2. The second-order valence-corrected chi connectivity index (χ2v) is 1.92. The van der Waals surface area contributed by atoms with Crippen LogP contribution in [0.15, 0.2) is 0 Å². The van der Waals surface area contributed by atoms with Crippen LogP contribution in [0.1, 0.15) is 13.3 Å². The van der Waals surface area contributed by atoms with Crippen LogP contribution in [0.5, 0.6) is 0 Å². The third kappa shape index (κ3) is 4.02. The molecule has 0 rings (SSSR count). The van der Waals surface area contributed by atoms with E-state index in [0.29, 0.717) is 6.54 Å². The predicted octanol–water partition coefficient (Wildman–Crippen LogP) is 0.306. The van der Waals surface area contributed by atoms with Crippen LogP contribution in [0.2, 0.25) is 0 Å². The zero-order valence-electron chi connectivity index (χ0n) is 4.98. The van der Waals surface area contributed by atoms with E-state index < -0.39 is 0 Å². The van der Waals surface area contributed by atoms with Crippen molar-refractivity contribution >= 4 is 17.2 Å². The normalized spacial score (nSPS) is 8.75. The Labute approximate surface area is 54.9 Å². The Hall–Kier alpha value is -0.150. The molecule has 0 radical (unpaired) electrons. The summed E-state index contributed by atoms with van der Waals surface area (Å²) in [5, 5.41) is 11.2. The molecular formula is C5H11NOS. The Morgan fingerprint density at radius 3 is 2.75 bits per heavy atom. The van der Waals surface area contributed by atoms with Crippen LogP contribution in [-0.4, -0.2) is 23.2 Å². The molecule has 0 aromatic carbocycles. The summed E-state index contributed by atoms with van der Waals surface area (Å²) in [5.41, 5.74) is 0. The third-order valence-electron chi connectivity index (χ3n) is 0.755. The number of thiocarbonyl (C=S) groups is 1. The molecule has 2 N–H and O–H groups in total. The van der Waals surface area contributed by atoms with Gasteiger partial charge in [0.2, 0.25) is 0 Å². The lowest BCUT2D eigenvalue weighted by Crippen LogP contribution is -2.23. The summed E-state index contributed by atoms with van der Waals surface area (Å²) < 4.78 is 0. The molecule has 0 atom stereocenters. The molecule has 3 heteroatoms. The van der Waals surface area contributed by atoms with Gasteiger partial charge in [-0.05, 0) is 6.42 Å². The summed E-state index contributed by atoms with van der Waals surface area (Å²) in [5.74, 6) is 0. The monoisotopic (exact) mass is 133 g/mol. The first-order valence-corrected chi connectivity index (χ1v) is 3.09. The lowest BCUT2D eigenvalue weighted by atomic mass is 10.5. The maximum absolute atomic E-state index is 8.29. The molecule has 0 aromatic heterocycles. The number of rotatable bonds is 3. The maximum Gasteiger partial charge on any atom is 0.0751 e. The molecule has 0 saturated heterocycles. The number of nitrogens with one attached hydrogen (secondary N) is 1. The first kappa shape index (κ1) is 7.85.